The number of carbonyl (C=O) groups excluding carboxylic acids is 2. The molecule has 0 saturated carbocycles. The molecule has 0 saturated heterocycles. The van der Waals surface area contributed by atoms with E-state index >= 15 is 0 Å². The maximum atomic E-state index is 12.3. The number of esters is 1. The third-order valence-electron chi connectivity index (χ3n) is 4.18. The van der Waals surface area contributed by atoms with Gasteiger partial charge in [0.15, 0.2) is 6.61 Å². The van der Waals surface area contributed by atoms with E-state index in [1.165, 1.54) is 11.6 Å². The zero-order valence-electron chi connectivity index (χ0n) is 14.0. The van der Waals surface area contributed by atoms with Gasteiger partial charge in [0.05, 0.1) is 10.0 Å². The number of nitrogens with zero attached hydrogens (tertiary/aromatic N) is 1. The molecule has 6 heteroatoms. The summed E-state index contributed by atoms with van der Waals surface area (Å²) < 4.78 is 5.04. The second kappa shape index (κ2) is 8.39. The molecule has 0 aromatic heterocycles. The Balaban J connectivity index is 1.50. The Morgan fingerprint density at radius 2 is 1.85 bits per heavy atom. The van der Waals surface area contributed by atoms with Crippen molar-refractivity contribution in [3.8, 4) is 0 Å². The summed E-state index contributed by atoms with van der Waals surface area (Å²) in [5, 5.41) is 0.850. The van der Waals surface area contributed by atoms with E-state index in [1.54, 1.807) is 29.2 Å². The molecule has 0 fully saturated rings. The van der Waals surface area contributed by atoms with Crippen LogP contribution in [0.2, 0.25) is 10.0 Å². The van der Waals surface area contributed by atoms with Gasteiger partial charge in [0.2, 0.25) is 0 Å². The second-order valence-corrected chi connectivity index (χ2v) is 6.76. The molecule has 0 N–H and O–H groups in total. The highest BCUT2D eigenvalue weighted by molar-refractivity contribution is 6.42. The molecular formula is C20H17Cl2NO3. The van der Waals surface area contributed by atoms with Crippen molar-refractivity contribution < 1.29 is 14.3 Å². The lowest BCUT2D eigenvalue weighted by Crippen LogP contribution is -2.38. The van der Waals surface area contributed by atoms with E-state index < -0.39 is 5.97 Å². The molecule has 2 aromatic carbocycles. The highest BCUT2D eigenvalue weighted by atomic mass is 35.5. The van der Waals surface area contributed by atoms with Crippen LogP contribution in [-0.4, -0.2) is 29.9 Å². The van der Waals surface area contributed by atoms with Crippen molar-refractivity contribution in [1.29, 1.82) is 0 Å². The number of hydrogen-bond donors (Lipinski definition) is 0. The fourth-order valence-corrected chi connectivity index (χ4v) is 3.07. The quantitative estimate of drug-likeness (QED) is 0.583. The second-order valence-electron chi connectivity index (χ2n) is 5.95. The van der Waals surface area contributed by atoms with Crippen LogP contribution in [0.1, 0.15) is 16.7 Å². The van der Waals surface area contributed by atoms with Gasteiger partial charge < -0.3 is 9.64 Å². The average molecular weight is 390 g/mol. The zero-order chi connectivity index (χ0) is 18.5. The first-order chi connectivity index (χ1) is 12.5. The number of amides is 1. The van der Waals surface area contributed by atoms with E-state index in [0.29, 0.717) is 23.1 Å². The summed E-state index contributed by atoms with van der Waals surface area (Å²) in [6.07, 6.45) is 3.64. The molecule has 0 atom stereocenters. The number of carbonyl (C=O) groups is 2. The smallest absolute Gasteiger partial charge is 0.331 e. The average Bonchev–Trinajstić information content (AvgIpc) is 2.66. The van der Waals surface area contributed by atoms with Crippen molar-refractivity contribution in [3.63, 3.8) is 0 Å². The number of rotatable bonds is 4. The lowest BCUT2D eigenvalue weighted by atomic mass is 10.00. The maximum absolute atomic E-state index is 12.3. The normalized spacial score (nSPS) is 13.5. The summed E-state index contributed by atoms with van der Waals surface area (Å²) in [6.45, 7) is 0.908. The van der Waals surface area contributed by atoms with E-state index in [1.807, 2.05) is 18.2 Å². The fraction of sp³-hybridized carbons (Fsp3) is 0.200. The Hall–Kier alpha value is -2.30. The molecular weight excluding hydrogens is 373 g/mol. The molecule has 2 aromatic rings. The van der Waals surface area contributed by atoms with Crippen LogP contribution in [0, 0.1) is 0 Å². The molecule has 0 spiro atoms. The van der Waals surface area contributed by atoms with Crippen LogP contribution >= 0.6 is 23.2 Å². The van der Waals surface area contributed by atoms with Gasteiger partial charge in [-0.15, -0.1) is 0 Å². The molecule has 1 aliphatic rings. The summed E-state index contributed by atoms with van der Waals surface area (Å²) in [7, 11) is 0. The summed E-state index contributed by atoms with van der Waals surface area (Å²) in [6, 6.07) is 13.1. The summed E-state index contributed by atoms with van der Waals surface area (Å²) >= 11 is 11.8. The van der Waals surface area contributed by atoms with E-state index in [9.17, 15) is 9.59 Å². The number of ether oxygens (including phenoxy) is 1. The highest BCUT2D eigenvalue weighted by Crippen LogP contribution is 2.23. The minimum atomic E-state index is -0.582. The Morgan fingerprint density at radius 3 is 2.62 bits per heavy atom. The minimum absolute atomic E-state index is 0.198. The number of fused-ring (bicyclic) bond motifs is 1. The van der Waals surface area contributed by atoms with Gasteiger partial charge in [-0.05, 0) is 41.3 Å². The lowest BCUT2D eigenvalue weighted by Gasteiger charge is -2.28. The topological polar surface area (TPSA) is 46.6 Å². The largest absolute Gasteiger partial charge is 0.452 e. The lowest BCUT2D eigenvalue weighted by molar-refractivity contribution is -0.148. The van der Waals surface area contributed by atoms with Gasteiger partial charge >= 0.3 is 5.97 Å². The first-order valence-corrected chi connectivity index (χ1v) is 8.93. The van der Waals surface area contributed by atoms with Crippen LogP contribution < -0.4 is 0 Å². The van der Waals surface area contributed by atoms with Gasteiger partial charge in [0.1, 0.15) is 0 Å². The van der Waals surface area contributed by atoms with E-state index in [-0.39, 0.29) is 12.5 Å². The molecule has 0 radical (unpaired) electrons. The van der Waals surface area contributed by atoms with Gasteiger partial charge in [-0.1, -0.05) is 53.5 Å². The third kappa shape index (κ3) is 4.65. The number of halogens is 2. The first-order valence-electron chi connectivity index (χ1n) is 8.17. The Kier molecular flexibility index (Phi) is 5.96. The Labute approximate surface area is 162 Å². The van der Waals surface area contributed by atoms with Crippen LogP contribution in [0.3, 0.4) is 0 Å². The van der Waals surface area contributed by atoms with Crippen molar-refractivity contribution in [2.45, 2.75) is 13.0 Å². The van der Waals surface area contributed by atoms with Crippen LogP contribution in [0.25, 0.3) is 6.08 Å². The molecule has 134 valence electrons. The van der Waals surface area contributed by atoms with Crippen LogP contribution in [0.5, 0.6) is 0 Å². The molecule has 0 unspecified atom stereocenters. The van der Waals surface area contributed by atoms with Crippen LogP contribution in [0.15, 0.2) is 48.5 Å². The van der Waals surface area contributed by atoms with Crippen molar-refractivity contribution in [2.75, 3.05) is 13.2 Å². The van der Waals surface area contributed by atoms with Gasteiger partial charge in [-0.2, -0.15) is 0 Å². The zero-order valence-corrected chi connectivity index (χ0v) is 15.5. The van der Waals surface area contributed by atoms with E-state index in [0.717, 1.165) is 17.5 Å². The number of hydrogen-bond acceptors (Lipinski definition) is 3. The third-order valence-corrected chi connectivity index (χ3v) is 4.92. The highest BCUT2D eigenvalue weighted by Gasteiger charge is 2.20. The van der Waals surface area contributed by atoms with Gasteiger partial charge in [0, 0.05) is 19.2 Å². The molecule has 26 heavy (non-hydrogen) atoms. The van der Waals surface area contributed by atoms with Crippen molar-refractivity contribution in [1.82, 2.24) is 4.90 Å². The molecule has 0 bridgehead atoms. The van der Waals surface area contributed by atoms with E-state index in [4.69, 9.17) is 27.9 Å². The molecule has 1 aliphatic heterocycles. The summed E-state index contributed by atoms with van der Waals surface area (Å²) in [5.74, 6) is -0.780. The molecule has 1 amide bonds. The monoisotopic (exact) mass is 389 g/mol. The minimum Gasteiger partial charge on any atom is -0.452 e. The molecule has 4 nitrogen and oxygen atoms in total. The molecule has 1 heterocycles. The van der Waals surface area contributed by atoms with Gasteiger partial charge in [-0.25, -0.2) is 4.79 Å². The standard InChI is InChI=1S/C20H17Cl2NO3/c21-17-7-5-14(11-18(17)22)6-8-20(25)26-13-19(24)23-10-9-15-3-1-2-4-16(15)12-23/h1-8,11H,9-10,12-13H2/b8-6+. The van der Waals surface area contributed by atoms with Crippen LogP contribution in [-0.2, 0) is 27.3 Å². The fourth-order valence-electron chi connectivity index (χ4n) is 2.76. The van der Waals surface area contributed by atoms with Gasteiger partial charge in [0.25, 0.3) is 5.91 Å². The predicted molar refractivity (Wildman–Crippen MR) is 102 cm³/mol. The molecule has 3 rings (SSSR count). The Morgan fingerprint density at radius 1 is 1.08 bits per heavy atom. The Bertz CT molecular complexity index is 864. The summed E-state index contributed by atoms with van der Waals surface area (Å²) in [5.41, 5.74) is 3.12. The van der Waals surface area contributed by atoms with Crippen LogP contribution in [0.4, 0.5) is 0 Å². The SMILES string of the molecule is O=C(/C=C/c1ccc(Cl)c(Cl)c1)OCC(=O)N1CCc2ccccc2C1. The van der Waals surface area contributed by atoms with E-state index in [2.05, 4.69) is 6.07 Å². The van der Waals surface area contributed by atoms with Crippen molar-refractivity contribution >= 4 is 41.2 Å². The predicted octanol–water partition coefficient (Wildman–Crippen LogP) is 4.13. The van der Waals surface area contributed by atoms with Crippen molar-refractivity contribution in [3.05, 3.63) is 75.3 Å². The van der Waals surface area contributed by atoms with Crippen molar-refractivity contribution in [2.24, 2.45) is 0 Å². The molecule has 0 aliphatic carbocycles. The summed E-state index contributed by atoms with van der Waals surface area (Å²) in [4.78, 5) is 25.8. The first kappa shape index (κ1) is 18.5. The number of benzene rings is 2. The maximum Gasteiger partial charge on any atom is 0.331 e. The van der Waals surface area contributed by atoms with Gasteiger partial charge in [-0.3, -0.25) is 4.79 Å².